The van der Waals surface area contributed by atoms with E-state index in [0.29, 0.717) is 6.42 Å². The highest BCUT2D eigenvalue weighted by molar-refractivity contribution is 5.70. The number of nitrogens with zero attached hydrogens (tertiary/aromatic N) is 3. The molecule has 1 aliphatic rings. The third kappa shape index (κ3) is 2.38. The van der Waals surface area contributed by atoms with Crippen molar-refractivity contribution in [2.75, 3.05) is 5.32 Å². The molecule has 0 fully saturated rings. The fourth-order valence-corrected chi connectivity index (χ4v) is 3.83. The van der Waals surface area contributed by atoms with E-state index < -0.39 is 6.10 Å². The maximum absolute atomic E-state index is 10.7. The predicted octanol–water partition coefficient (Wildman–Crippen LogP) is 3.34. The molecule has 5 nitrogen and oxygen atoms in total. The Labute approximate surface area is 146 Å². The molecule has 2 aromatic heterocycles. The topological polar surface area (TPSA) is 73.3 Å². The second-order valence-corrected chi connectivity index (χ2v) is 6.62. The number of hydrogen-bond donors (Lipinski definition) is 2. The molecule has 1 aromatic carbocycles. The summed E-state index contributed by atoms with van der Waals surface area (Å²) in [6, 6.07) is 14.1. The van der Waals surface area contributed by atoms with Crippen molar-refractivity contribution < 1.29 is 5.11 Å². The maximum atomic E-state index is 10.7. The molecule has 126 valence electrons. The molecular weight excluding hydrogens is 312 g/mol. The van der Waals surface area contributed by atoms with Crippen LogP contribution in [0.25, 0.3) is 5.65 Å². The van der Waals surface area contributed by atoms with Crippen molar-refractivity contribution in [1.82, 2.24) is 9.38 Å². The molecule has 3 atom stereocenters. The number of aliphatic hydroxyl groups excluding tert-OH is 1. The molecule has 0 saturated heterocycles. The van der Waals surface area contributed by atoms with E-state index in [1.54, 1.807) is 0 Å². The van der Waals surface area contributed by atoms with Gasteiger partial charge in [-0.05, 0) is 30.2 Å². The van der Waals surface area contributed by atoms with Crippen LogP contribution in [0.2, 0.25) is 0 Å². The van der Waals surface area contributed by atoms with E-state index >= 15 is 0 Å². The molecule has 0 radical (unpaired) electrons. The Morgan fingerprint density at radius 3 is 2.76 bits per heavy atom. The largest absolute Gasteiger partial charge is 0.390 e. The lowest BCUT2D eigenvalue weighted by atomic mass is 10.0. The Bertz CT molecular complexity index is 985. The van der Waals surface area contributed by atoms with Gasteiger partial charge in [0, 0.05) is 12.1 Å². The molecule has 3 aromatic rings. The van der Waals surface area contributed by atoms with Crippen LogP contribution in [0.5, 0.6) is 0 Å². The van der Waals surface area contributed by atoms with Gasteiger partial charge < -0.3 is 14.8 Å². The molecule has 1 aliphatic carbocycles. The third-order valence-electron chi connectivity index (χ3n) is 5.18. The SMILES string of the molecule is Cc1nc2c(NC3c4ccccc4C(C)C3O)cccn2c1CC#N. The van der Waals surface area contributed by atoms with Crippen LogP contribution in [0.1, 0.15) is 41.4 Å². The molecule has 0 saturated carbocycles. The Morgan fingerprint density at radius 2 is 2.00 bits per heavy atom. The summed E-state index contributed by atoms with van der Waals surface area (Å²) in [5, 5.41) is 23.3. The van der Waals surface area contributed by atoms with E-state index in [1.165, 1.54) is 5.56 Å². The van der Waals surface area contributed by atoms with Gasteiger partial charge in [-0.2, -0.15) is 5.26 Å². The number of aromatic nitrogens is 2. The van der Waals surface area contributed by atoms with Gasteiger partial charge in [0.1, 0.15) is 0 Å². The fraction of sp³-hybridized carbons (Fsp3) is 0.300. The van der Waals surface area contributed by atoms with Gasteiger partial charge in [0.2, 0.25) is 0 Å². The van der Waals surface area contributed by atoms with E-state index in [4.69, 9.17) is 5.26 Å². The number of aryl methyl sites for hydroxylation is 1. The van der Waals surface area contributed by atoms with Gasteiger partial charge in [-0.1, -0.05) is 31.2 Å². The van der Waals surface area contributed by atoms with E-state index in [-0.39, 0.29) is 12.0 Å². The van der Waals surface area contributed by atoms with Crippen LogP contribution in [0.15, 0.2) is 42.6 Å². The van der Waals surface area contributed by atoms with Crippen LogP contribution in [0.4, 0.5) is 5.69 Å². The highest BCUT2D eigenvalue weighted by Crippen LogP contribution is 2.42. The van der Waals surface area contributed by atoms with Crippen molar-refractivity contribution in [1.29, 1.82) is 5.26 Å². The molecule has 3 unspecified atom stereocenters. The van der Waals surface area contributed by atoms with Crippen LogP contribution >= 0.6 is 0 Å². The van der Waals surface area contributed by atoms with Gasteiger partial charge in [-0.3, -0.25) is 0 Å². The van der Waals surface area contributed by atoms with Crippen LogP contribution in [0, 0.1) is 18.3 Å². The minimum absolute atomic E-state index is 0.0871. The first-order chi connectivity index (χ1) is 12.1. The number of aliphatic hydroxyl groups is 1. The summed E-state index contributed by atoms with van der Waals surface area (Å²) in [5.74, 6) is 0.0871. The van der Waals surface area contributed by atoms with Gasteiger partial charge >= 0.3 is 0 Å². The molecule has 0 aliphatic heterocycles. The summed E-state index contributed by atoms with van der Waals surface area (Å²) in [4.78, 5) is 4.64. The molecule has 5 heteroatoms. The molecular formula is C20H20N4O. The summed E-state index contributed by atoms with van der Waals surface area (Å²) in [7, 11) is 0. The number of hydrogen-bond acceptors (Lipinski definition) is 4. The molecule has 0 bridgehead atoms. The monoisotopic (exact) mass is 332 g/mol. The van der Waals surface area contributed by atoms with Gasteiger partial charge in [-0.15, -0.1) is 0 Å². The lowest BCUT2D eigenvalue weighted by Crippen LogP contribution is -2.23. The lowest BCUT2D eigenvalue weighted by molar-refractivity contribution is 0.143. The average Bonchev–Trinajstić information content (AvgIpc) is 3.06. The Balaban J connectivity index is 1.77. The first-order valence-corrected chi connectivity index (χ1v) is 8.48. The molecule has 25 heavy (non-hydrogen) atoms. The van der Waals surface area contributed by atoms with Crippen molar-refractivity contribution in [3.63, 3.8) is 0 Å². The number of imidazole rings is 1. The van der Waals surface area contributed by atoms with E-state index in [9.17, 15) is 5.11 Å². The Kier molecular flexibility index (Phi) is 3.70. The average molecular weight is 332 g/mol. The third-order valence-corrected chi connectivity index (χ3v) is 5.18. The summed E-state index contributed by atoms with van der Waals surface area (Å²) in [6.45, 7) is 3.97. The number of rotatable bonds is 3. The van der Waals surface area contributed by atoms with Gasteiger partial charge in [0.05, 0.1) is 41.7 Å². The zero-order valence-electron chi connectivity index (χ0n) is 14.3. The quantitative estimate of drug-likeness (QED) is 0.771. The van der Waals surface area contributed by atoms with Crippen LogP contribution in [0.3, 0.4) is 0 Å². The van der Waals surface area contributed by atoms with E-state index in [1.807, 2.05) is 41.8 Å². The number of benzene rings is 1. The number of pyridine rings is 1. The number of nitrogens with one attached hydrogen (secondary N) is 1. The summed E-state index contributed by atoms with van der Waals surface area (Å²) in [6.07, 6.45) is 1.75. The van der Waals surface area contributed by atoms with Crippen molar-refractivity contribution >= 4 is 11.3 Å². The van der Waals surface area contributed by atoms with Gasteiger partial charge in [0.25, 0.3) is 0 Å². The standard InChI is InChI=1S/C20H20N4O/c1-12-14-6-3-4-7-15(14)18(19(12)25)23-16-8-5-11-24-17(9-10-21)13(2)22-20(16)24/h3-8,11-12,18-19,23,25H,9H2,1-2H3. The van der Waals surface area contributed by atoms with E-state index in [0.717, 1.165) is 28.3 Å². The van der Waals surface area contributed by atoms with E-state index in [2.05, 4.69) is 35.4 Å². The summed E-state index contributed by atoms with van der Waals surface area (Å²) in [5.41, 5.74) is 5.73. The number of fused-ring (bicyclic) bond motifs is 2. The minimum atomic E-state index is -0.493. The highest BCUT2D eigenvalue weighted by Gasteiger charge is 2.37. The smallest absolute Gasteiger partial charge is 0.160 e. The molecule has 2 heterocycles. The fourth-order valence-electron chi connectivity index (χ4n) is 3.83. The lowest BCUT2D eigenvalue weighted by Gasteiger charge is -2.21. The highest BCUT2D eigenvalue weighted by atomic mass is 16.3. The van der Waals surface area contributed by atoms with Crippen LogP contribution < -0.4 is 5.32 Å². The zero-order chi connectivity index (χ0) is 17.6. The van der Waals surface area contributed by atoms with Gasteiger partial charge in [0.15, 0.2) is 5.65 Å². The molecule has 0 spiro atoms. The Morgan fingerprint density at radius 1 is 1.24 bits per heavy atom. The maximum Gasteiger partial charge on any atom is 0.160 e. The molecule has 2 N–H and O–H groups in total. The number of anilines is 1. The number of nitriles is 1. The van der Waals surface area contributed by atoms with Gasteiger partial charge in [-0.25, -0.2) is 4.98 Å². The minimum Gasteiger partial charge on any atom is -0.390 e. The van der Waals surface area contributed by atoms with Crippen molar-refractivity contribution in [2.45, 2.75) is 38.3 Å². The summed E-state index contributed by atoms with van der Waals surface area (Å²) >= 11 is 0. The van der Waals surface area contributed by atoms with Crippen molar-refractivity contribution in [3.8, 4) is 6.07 Å². The van der Waals surface area contributed by atoms with Crippen LogP contribution in [-0.4, -0.2) is 20.6 Å². The first-order valence-electron chi connectivity index (χ1n) is 8.48. The van der Waals surface area contributed by atoms with Crippen molar-refractivity contribution in [2.24, 2.45) is 0 Å². The molecule has 4 rings (SSSR count). The predicted molar refractivity (Wildman–Crippen MR) is 96.5 cm³/mol. The van der Waals surface area contributed by atoms with Crippen molar-refractivity contribution in [3.05, 3.63) is 65.1 Å². The second-order valence-electron chi connectivity index (χ2n) is 6.62. The normalized spacial score (nSPS) is 21.9. The Hall–Kier alpha value is -2.84. The zero-order valence-corrected chi connectivity index (χ0v) is 14.3. The first kappa shape index (κ1) is 15.7. The second kappa shape index (κ2) is 5.91. The van der Waals surface area contributed by atoms with Crippen LogP contribution in [-0.2, 0) is 6.42 Å². The summed E-state index contributed by atoms with van der Waals surface area (Å²) < 4.78 is 1.96. The molecule has 0 amide bonds.